The van der Waals surface area contributed by atoms with Gasteiger partial charge >= 0.3 is 0 Å². The third-order valence-corrected chi connectivity index (χ3v) is 4.06. The second-order valence-corrected chi connectivity index (χ2v) is 5.44. The minimum Gasteiger partial charge on any atom is -0.493 e. The Morgan fingerprint density at radius 2 is 2.20 bits per heavy atom. The maximum Gasteiger partial charge on any atom is 0.122 e. The number of rotatable bonds is 4. The predicted molar refractivity (Wildman–Crippen MR) is 79.0 cm³/mol. The van der Waals surface area contributed by atoms with Crippen molar-refractivity contribution in [3.8, 4) is 5.75 Å². The van der Waals surface area contributed by atoms with E-state index in [1.54, 1.807) is 0 Å². The van der Waals surface area contributed by atoms with E-state index in [2.05, 4.69) is 29.1 Å². The third-order valence-electron chi connectivity index (χ3n) is 4.06. The first-order chi connectivity index (χ1) is 9.78. The number of fused-ring (bicyclic) bond motifs is 1. The summed E-state index contributed by atoms with van der Waals surface area (Å²) in [6, 6.07) is 10.3. The van der Waals surface area contributed by atoms with Crippen LogP contribution in [-0.4, -0.2) is 16.3 Å². The van der Waals surface area contributed by atoms with Crippen molar-refractivity contribution in [2.75, 3.05) is 6.61 Å². The lowest BCUT2D eigenvalue weighted by Crippen LogP contribution is -2.18. The van der Waals surface area contributed by atoms with E-state index in [1.807, 2.05) is 25.1 Å². The number of para-hydroxylation sites is 1. The van der Waals surface area contributed by atoms with Crippen molar-refractivity contribution in [1.29, 1.82) is 0 Å². The molecule has 1 aliphatic rings. The molecule has 1 N–H and O–H groups in total. The maximum atomic E-state index is 9.87. The fourth-order valence-corrected chi connectivity index (χ4v) is 2.87. The van der Waals surface area contributed by atoms with Gasteiger partial charge in [-0.2, -0.15) is 0 Å². The first-order valence-electron chi connectivity index (χ1n) is 7.33. The second kappa shape index (κ2) is 5.71. The van der Waals surface area contributed by atoms with E-state index in [0.717, 1.165) is 37.3 Å². The van der Waals surface area contributed by atoms with Crippen LogP contribution in [0.5, 0.6) is 5.75 Å². The molecule has 0 aliphatic carbocycles. The molecule has 0 bridgehead atoms. The highest BCUT2D eigenvalue weighted by Crippen LogP contribution is 2.34. The average molecular weight is 271 g/mol. The van der Waals surface area contributed by atoms with Crippen LogP contribution >= 0.6 is 0 Å². The van der Waals surface area contributed by atoms with Gasteiger partial charge in [-0.25, -0.2) is 0 Å². The zero-order chi connectivity index (χ0) is 13.9. The van der Waals surface area contributed by atoms with Gasteiger partial charge < -0.3 is 14.4 Å². The Morgan fingerprint density at radius 1 is 1.35 bits per heavy atom. The summed E-state index contributed by atoms with van der Waals surface area (Å²) in [6.07, 6.45) is 5.57. The topological polar surface area (TPSA) is 34.4 Å². The highest BCUT2D eigenvalue weighted by Gasteiger charge is 2.21. The molecule has 3 rings (SSSR count). The Bertz CT molecular complexity index is 576. The lowest BCUT2D eigenvalue weighted by atomic mass is 9.93. The number of nitrogens with zero attached hydrogens (tertiary/aromatic N) is 1. The van der Waals surface area contributed by atoms with Gasteiger partial charge in [0.15, 0.2) is 0 Å². The molecule has 0 radical (unpaired) electrons. The average Bonchev–Trinajstić information content (AvgIpc) is 2.95. The molecule has 3 heteroatoms. The van der Waals surface area contributed by atoms with E-state index < -0.39 is 0 Å². The molecule has 0 amide bonds. The molecule has 1 aromatic carbocycles. The van der Waals surface area contributed by atoms with Gasteiger partial charge in [0.25, 0.3) is 0 Å². The summed E-state index contributed by atoms with van der Waals surface area (Å²) in [5, 5.41) is 9.87. The summed E-state index contributed by atoms with van der Waals surface area (Å²) in [5.74, 6) is 1.50. The smallest absolute Gasteiger partial charge is 0.122 e. The maximum absolute atomic E-state index is 9.87. The van der Waals surface area contributed by atoms with Crippen molar-refractivity contribution >= 4 is 0 Å². The molecule has 2 heterocycles. The van der Waals surface area contributed by atoms with Gasteiger partial charge in [-0.3, -0.25) is 0 Å². The molecule has 20 heavy (non-hydrogen) atoms. The molecule has 2 unspecified atom stereocenters. The normalized spacial score (nSPS) is 19.2. The monoisotopic (exact) mass is 271 g/mol. The summed E-state index contributed by atoms with van der Waals surface area (Å²) < 4.78 is 7.88. The lowest BCUT2D eigenvalue weighted by molar-refractivity contribution is 0.173. The van der Waals surface area contributed by atoms with Crippen LogP contribution in [0.15, 0.2) is 42.7 Å². The summed E-state index contributed by atoms with van der Waals surface area (Å²) >= 11 is 0. The summed E-state index contributed by atoms with van der Waals surface area (Å²) in [7, 11) is 0. The van der Waals surface area contributed by atoms with E-state index in [0.29, 0.717) is 5.92 Å². The summed E-state index contributed by atoms with van der Waals surface area (Å²) in [6.45, 7) is 3.72. The van der Waals surface area contributed by atoms with Crippen molar-refractivity contribution in [2.24, 2.45) is 0 Å². The standard InChI is InChI=1S/C17H21NO2/c1-2-16(19)14-7-9-18(12-14)11-13-8-10-20-17-6-4-3-5-15(13)17/h3-7,9,12-13,16,19H,2,8,10-11H2,1H3. The minimum absolute atomic E-state index is 0.349. The van der Waals surface area contributed by atoms with E-state index in [-0.39, 0.29) is 6.10 Å². The van der Waals surface area contributed by atoms with E-state index >= 15 is 0 Å². The molecule has 0 saturated carbocycles. The van der Waals surface area contributed by atoms with Crippen molar-refractivity contribution in [2.45, 2.75) is 38.3 Å². The van der Waals surface area contributed by atoms with Crippen LogP contribution in [0.1, 0.15) is 42.9 Å². The van der Waals surface area contributed by atoms with Crippen LogP contribution in [0.25, 0.3) is 0 Å². The van der Waals surface area contributed by atoms with Crippen LogP contribution < -0.4 is 4.74 Å². The number of hydrogen-bond donors (Lipinski definition) is 1. The number of aliphatic hydroxyl groups is 1. The first-order valence-corrected chi connectivity index (χ1v) is 7.33. The fraction of sp³-hybridized carbons (Fsp3) is 0.412. The molecule has 2 aromatic rings. The van der Waals surface area contributed by atoms with Crippen molar-refractivity contribution in [1.82, 2.24) is 4.57 Å². The van der Waals surface area contributed by atoms with Crippen LogP contribution in [0, 0.1) is 0 Å². The Hall–Kier alpha value is -1.74. The lowest BCUT2D eigenvalue weighted by Gasteiger charge is -2.26. The number of aromatic nitrogens is 1. The van der Waals surface area contributed by atoms with Crippen molar-refractivity contribution < 1.29 is 9.84 Å². The van der Waals surface area contributed by atoms with Gasteiger partial charge in [-0.15, -0.1) is 0 Å². The zero-order valence-corrected chi connectivity index (χ0v) is 11.8. The Balaban J connectivity index is 1.77. The molecular weight excluding hydrogens is 250 g/mol. The Labute approximate surface area is 119 Å². The SMILES string of the molecule is CCC(O)c1ccn(CC2CCOc3ccccc32)c1. The molecule has 0 spiro atoms. The van der Waals surface area contributed by atoms with Gasteiger partial charge in [0, 0.05) is 24.9 Å². The molecule has 106 valence electrons. The zero-order valence-electron chi connectivity index (χ0n) is 11.8. The van der Waals surface area contributed by atoms with Crippen LogP contribution in [0.2, 0.25) is 0 Å². The molecule has 3 nitrogen and oxygen atoms in total. The summed E-state index contributed by atoms with van der Waals surface area (Å²) in [4.78, 5) is 0. The molecule has 1 aliphatic heterocycles. The van der Waals surface area contributed by atoms with E-state index in [9.17, 15) is 5.11 Å². The Kier molecular flexibility index (Phi) is 3.79. The van der Waals surface area contributed by atoms with Crippen LogP contribution in [0.3, 0.4) is 0 Å². The van der Waals surface area contributed by atoms with Gasteiger partial charge in [0.05, 0.1) is 12.7 Å². The van der Waals surface area contributed by atoms with Gasteiger partial charge in [0.1, 0.15) is 5.75 Å². The van der Waals surface area contributed by atoms with Crippen LogP contribution in [-0.2, 0) is 6.54 Å². The van der Waals surface area contributed by atoms with E-state index in [4.69, 9.17) is 4.74 Å². The molecule has 1 aromatic heterocycles. The largest absolute Gasteiger partial charge is 0.493 e. The van der Waals surface area contributed by atoms with Crippen LogP contribution in [0.4, 0.5) is 0 Å². The van der Waals surface area contributed by atoms with Gasteiger partial charge in [-0.05, 0) is 36.1 Å². The molecular formula is C17H21NO2. The molecule has 0 saturated heterocycles. The molecule has 2 atom stereocenters. The predicted octanol–water partition coefficient (Wildman–Crippen LogP) is 3.50. The highest BCUT2D eigenvalue weighted by atomic mass is 16.5. The number of hydrogen-bond acceptors (Lipinski definition) is 2. The third kappa shape index (κ3) is 2.59. The highest BCUT2D eigenvalue weighted by molar-refractivity contribution is 5.37. The van der Waals surface area contributed by atoms with Crippen molar-refractivity contribution in [3.63, 3.8) is 0 Å². The Morgan fingerprint density at radius 3 is 3.05 bits per heavy atom. The number of ether oxygens (including phenoxy) is 1. The fourth-order valence-electron chi connectivity index (χ4n) is 2.87. The van der Waals surface area contributed by atoms with Gasteiger partial charge in [0.2, 0.25) is 0 Å². The van der Waals surface area contributed by atoms with E-state index in [1.165, 1.54) is 5.56 Å². The number of aliphatic hydroxyl groups excluding tert-OH is 1. The van der Waals surface area contributed by atoms with Gasteiger partial charge in [-0.1, -0.05) is 25.1 Å². The molecule has 0 fully saturated rings. The quantitative estimate of drug-likeness (QED) is 0.923. The minimum atomic E-state index is -0.349. The summed E-state index contributed by atoms with van der Waals surface area (Å²) in [5.41, 5.74) is 2.30. The number of benzene rings is 1. The van der Waals surface area contributed by atoms with Crippen molar-refractivity contribution in [3.05, 3.63) is 53.9 Å². The first kappa shape index (κ1) is 13.3. The second-order valence-electron chi connectivity index (χ2n) is 5.44.